The Morgan fingerprint density at radius 1 is 1.46 bits per heavy atom. The van der Waals surface area contributed by atoms with Crippen molar-refractivity contribution in [3.05, 3.63) is 29.8 Å². The Balaban J connectivity index is 1.69. The molecule has 1 saturated heterocycles. The zero-order valence-electron chi connectivity index (χ0n) is 14.5. The number of ether oxygens (including phenoxy) is 1. The topological polar surface area (TPSA) is 53.6 Å². The molecule has 2 N–H and O–H groups in total. The minimum atomic E-state index is -0.353. The van der Waals surface area contributed by atoms with Crippen LogP contribution in [0.2, 0.25) is 0 Å². The minimum absolute atomic E-state index is 0.353. The molecule has 132 valence electrons. The van der Waals surface area contributed by atoms with Gasteiger partial charge in [-0.05, 0) is 68.7 Å². The number of carbonyl (C=O) groups excluding carboxylic acids is 1. The number of carbonyl (C=O) groups is 1. The average Bonchev–Trinajstić information content (AvgIpc) is 2.58. The SMILES string of the molecule is COC(=O)c1cccc(NC(=S)NCCCN2CCC[C@H](C)C2)c1. The standard InChI is InChI=1S/C18H27N3O2S/c1-14-6-4-10-21(13-14)11-5-9-19-18(24)20-16-8-3-7-15(12-16)17(22)23-2/h3,7-8,12,14H,4-6,9-11,13H2,1-2H3,(H2,19,20,24)/t14-/m0/s1. The molecule has 0 radical (unpaired) electrons. The molecule has 1 aromatic carbocycles. The number of methoxy groups -OCH3 is 1. The quantitative estimate of drug-likeness (QED) is 0.468. The Hall–Kier alpha value is -1.66. The summed E-state index contributed by atoms with van der Waals surface area (Å²) in [7, 11) is 1.37. The van der Waals surface area contributed by atoms with Crippen LogP contribution in [0, 0.1) is 5.92 Å². The number of hydrogen-bond acceptors (Lipinski definition) is 4. The number of anilines is 1. The zero-order valence-corrected chi connectivity index (χ0v) is 15.3. The van der Waals surface area contributed by atoms with Crippen molar-refractivity contribution in [2.24, 2.45) is 5.92 Å². The largest absolute Gasteiger partial charge is 0.465 e. The Morgan fingerprint density at radius 3 is 3.04 bits per heavy atom. The molecule has 5 nitrogen and oxygen atoms in total. The second-order valence-electron chi connectivity index (χ2n) is 6.35. The van der Waals surface area contributed by atoms with Crippen LogP contribution in [0.5, 0.6) is 0 Å². The Morgan fingerprint density at radius 2 is 2.29 bits per heavy atom. The normalized spacial score (nSPS) is 18.0. The number of thiocarbonyl (C=S) groups is 1. The summed E-state index contributed by atoms with van der Waals surface area (Å²) >= 11 is 5.31. The molecule has 0 bridgehead atoms. The molecule has 1 aromatic rings. The van der Waals surface area contributed by atoms with E-state index in [2.05, 4.69) is 22.5 Å². The van der Waals surface area contributed by atoms with Crippen LogP contribution >= 0.6 is 12.2 Å². The van der Waals surface area contributed by atoms with Crippen LogP contribution in [0.25, 0.3) is 0 Å². The van der Waals surface area contributed by atoms with Crippen molar-refractivity contribution < 1.29 is 9.53 Å². The highest BCUT2D eigenvalue weighted by Gasteiger charge is 2.15. The van der Waals surface area contributed by atoms with E-state index < -0.39 is 0 Å². The average molecular weight is 350 g/mol. The first-order chi connectivity index (χ1) is 11.6. The fourth-order valence-electron chi connectivity index (χ4n) is 3.01. The van der Waals surface area contributed by atoms with Crippen LogP contribution in [0.4, 0.5) is 5.69 Å². The third-order valence-electron chi connectivity index (χ3n) is 4.22. The molecule has 1 aliphatic rings. The van der Waals surface area contributed by atoms with Crippen LogP contribution < -0.4 is 10.6 Å². The van der Waals surface area contributed by atoms with E-state index in [-0.39, 0.29) is 5.97 Å². The summed E-state index contributed by atoms with van der Waals surface area (Å²) in [6.07, 6.45) is 3.73. The molecule has 1 heterocycles. The van der Waals surface area contributed by atoms with Crippen molar-refractivity contribution in [3.8, 4) is 0 Å². The lowest BCUT2D eigenvalue weighted by Gasteiger charge is -2.30. The molecule has 1 fully saturated rings. The minimum Gasteiger partial charge on any atom is -0.465 e. The smallest absolute Gasteiger partial charge is 0.337 e. The lowest BCUT2D eigenvalue weighted by molar-refractivity contribution is 0.0601. The molecule has 0 aliphatic carbocycles. The van der Waals surface area contributed by atoms with Gasteiger partial charge in [-0.2, -0.15) is 0 Å². The third kappa shape index (κ3) is 6.09. The fourth-order valence-corrected chi connectivity index (χ4v) is 3.23. The van der Waals surface area contributed by atoms with E-state index in [0.29, 0.717) is 10.7 Å². The van der Waals surface area contributed by atoms with Gasteiger partial charge in [-0.3, -0.25) is 0 Å². The molecule has 1 aliphatic heterocycles. The molecule has 24 heavy (non-hydrogen) atoms. The highest BCUT2D eigenvalue weighted by atomic mass is 32.1. The molecule has 6 heteroatoms. The summed E-state index contributed by atoms with van der Waals surface area (Å²) in [6, 6.07) is 7.12. The Bertz CT molecular complexity index is 565. The van der Waals surface area contributed by atoms with Gasteiger partial charge in [0.05, 0.1) is 12.7 Å². The van der Waals surface area contributed by atoms with Crippen molar-refractivity contribution in [3.63, 3.8) is 0 Å². The lowest BCUT2D eigenvalue weighted by atomic mass is 10.0. The van der Waals surface area contributed by atoms with Crippen molar-refractivity contribution in [2.45, 2.75) is 26.2 Å². The van der Waals surface area contributed by atoms with Gasteiger partial charge in [0.15, 0.2) is 5.11 Å². The molecule has 0 unspecified atom stereocenters. The number of esters is 1. The van der Waals surface area contributed by atoms with Crippen LogP contribution in [0.3, 0.4) is 0 Å². The van der Waals surface area contributed by atoms with E-state index in [0.717, 1.165) is 31.1 Å². The monoisotopic (exact) mass is 349 g/mol. The van der Waals surface area contributed by atoms with E-state index in [1.165, 1.54) is 33.0 Å². The van der Waals surface area contributed by atoms with E-state index >= 15 is 0 Å². The lowest BCUT2D eigenvalue weighted by Crippen LogP contribution is -2.37. The van der Waals surface area contributed by atoms with Crippen LogP contribution in [0.15, 0.2) is 24.3 Å². The van der Waals surface area contributed by atoms with Gasteiger partial charge in [-0.15, -0.1) is 0 Å². The number of benzene rings is 1. The van der Waals surface area contributed by atoms with Gasteiger partial charge in [-0.25, -0.2) is 4.79 Å². The van der Waals surface area contributed by atoms with E-state index in [1.807, 2.05) is 6.07 Å². The Kier molecular flexibility index (Phi) is 7.46. The summed E-state index contributed by atoms with van der Waals surface area (Å²) in [4.78, 5) is 14.1. The zero-order chi connectivity index (χ0) is 17.4. The third-order valence-corrected chi connectivity index (χ3v) is 4.47. The van der Waals surface area contributed by atoms with Crippen LogP contribution in [0.1, 0.15) is 36.5 Å². The summed E-state index contributed by atoms with van der Waals surface area (Å²) in [5.74, 6) is 0.463. The van der Waals surface area contributed by atoms with Crippen molar-refractivity contribution in [1.82, 2.24) is 10.2 Å². The second-order valence-corrected chi connectivity index (χ2v) is 6.76. The predicted octanol–water partition coefficient (Wildman–Crippen LogP) is 2.88. The number of nitrogens with one attached hydrogen (secondary N) is 2. The summed E-state index contributed by atoms with van der Waals surface area (Å²) < 4.78 is 4.72. The maximum absolute atomic E-state index is 11.5. The molecule has 0 saturated carbocycles. The van der Waals surface area contributed by atoms with Gasteiger partial charge >= 0.3 is 5.97 Å². The molecule has 0 aromatic heterocycles. The first kappa shape index (κ1) is 18.7. The van der Waals surface area contributed by atoms with Gasteiger partial charge in [0.2, 0.25) is 0 Å². The number of piperidine rings is 1. The first-order valence-corrected chi connectivity index (χ1v) is 8.95. The molecule has 2 rings (SSSR count). The van der Waals surface area contributed by atoms with E-state index in [4.69, 9.17) is 17.0 Å². The molecular formula is C18H27N3O2S. The van der Waals surface area contributed by atoms with Gasteiger partial charge in [0.1, 0.15) is 0 Å². The van der Waals surface area contributed by atoms with Gasteiger partial charge < -0.3 is 20.3 Å². The van der Waals surface area contributed by atoms with Gasteiger partial charge in [0, 0.05) is 18.8 Å². The number of rotatable bonds is 6. The van der Waals surface area contributed by atoms with E-state index in [1.54, 1.807) is 18.2 Å². The number of nitrogens with zero attached hydrogens (tertiary/aromatic N) is 1. The first-order valence-electron chi connectivity index (χ1n) is 8.54. The maximum Gasteiger partial charge on any atom is 0.337 e. The second kappa shape index (κ2) is 9.59. The highest BCUT2D eigenvalue weighted by Crippen LogP contribution is 2.15. The summed E-state index contributed by atoms with van der Waals surface area (Å²) in [5, 5.41) is 6.90. The molecule has 0 amide bonds. The highest BCUT2D eigenvalue weighted by molar-refractivity contribution is 7.80. The van der Waals surface area contributed by atoms with Crippen LogP contribution in [-0.4, -0.2) is 49.3 Å². The number of likely N-dealkylation sites (tertiary alicyclic amines) is 1. The van der Waals surface area contributed by atoms with Gasteiger partial charge in [-0.1, -0.05) is 13.0 Å². The maximum atomic E-state index is 11.5. The van der Waals surface area contributed by atoms with Gasteiger partial charge in [0.25, 0.3) is 0 Å². The van der Waals surface area contributed by atoms with Crippen molar-refractivity contribution >= 4 is 29.0 Å². The fraction of sp³-hybridized carbons (Fsp3) is 0.556. The molecule has 0 spiro atoms. The molecule has 1 atom stereocenters. The predicted molar refractivity (Wildman–Crippen MR) is 101 cm³/mol. The molecular weight excluding hydrogens is 322 g/mol. The van der Waals surface area contributed by atoms with Crippen molar-refractivity contribution in [2.75, 3.05) is 38.6 Å². The Labute approximate surface area is 149 Å². The number of hydrogen-bond donors (Lipinski definition) is 2. The summed E-state index contributed by atoms with van der Waals surface area (Å²) in [5.41, 5.74) is 1.28. The van der Waals surface area contributed by atoms with E-state index in [9.17, 15) is 4.79 Å². The van der Waals surface area contributed by atoms with Crippen molar-refractivity contribution in [1.29, 1.82) is 0 Å². The van der Waals surface area contributed by atoms with Crippen LogP contribution in [-0.2, 0) is 4.74 Å². The summed E-state index contributed by atoms with van der Waals surface area (Å²) in [6.45, 7) is 6.70.